The molecule has 0 bridgehead atoms. The van der Waals surface area contributed by atoms with Crippen LogP contribution in [0.2, 0.25) is 0 Å². The van der Waals surface area contributed by atoms with Gasteiger partial charge in [0.05, 0.1) is 15.6 Å². The van der Waals surface area contributed by atoms with E-state index in [2.05, 4.69) is 18.8 Å². The number of carboxylic acid groups (broad SMARTS) is 1. The summed E-state index contributed by atoms with van der Waals surface area (Å²) in [5, 5.41) is 9.59. The maximum absolute atomic E-state index is 10.4. The molecular formula is C11H15NO2S. The Hall–Kier alpha value is -1.16. The lowest BCUT2D eigenvalue weighted by Crippen LogP contribution is -1.92. The third-order valence-electron chi connectivity index (χ3n) is 1.84. The van der Waals surface area contributed by atoms with Crippen LogP contribution in [0.1, 0.15) is 29.4 Å². The van der Waals surface area contributed by atoms with E-state index in [1.165, 1.54) is 0 Å². The number of thiazole rings is 1. The van der Waals surface area contributed by atoms with Gasteiger partial charge in [-0.3, -0.25) is 0 Å². The van der Waals surface area contributed by atoms with Gasteiger partial charge in [-0.25, -0.2) is 9.78 Å². The van der Waals surface area contributed by atoms with E-state index in [0.717, 1.165) is 28.1 Å². The van der Waals surface area contributed by atoms with Gasteiger partial charge >= 0.3 is 5.97 Å². The summed E-state index contributed by atoms with van der Waals surface area (Å²) in [6.45, 7) is 6.19. The smallest absolute Gasteiger partial charge is 0.328 e. The number of hydrogen-bond donors (Lipinski definition) is 1. The van der Waals surface area contributed by atoms with E-state index < -0.39 is 5.97 Å². The maximum atomic E-state index is 10.4. The average molecular weight is 225 g/mol. The second kappa shape index (κ2) is 5.07. The van der Waals surface area contributed by atoms with Crippen LogP contribution in [0.3, 0.4) is 0 Å². The normalized spacial score (nSPS) is 11.5. The monoisotopic (exact) mass is 225 g/mol. The zero-order chi connectivity index (χ0) is 11.4. The summed E-state index contributed by atoms with van der Waals surface area (Å²) in [5.41, 5.74) is 0.910. The van der Waals surface area contributed by atoms with Crippen LogP contribution < -0.4 is 0 Å². The third kappa shape index (κ3) is 3.83. The molecule has 1 N–H and O–H groups in total. The molecule has 0 aromatic carbocycles. The van der Waals surface area contributed by atoms with Crippen LogP contribution in [0.25, 0.3) is 6.08 Å². The minimum absolute atomic E-state index is 0.576. The lowest BCUT2D eigenvalue weighted by Gasteiger charge is -1.97. The highest BCUT2D eigenvalue weighted by Gasteiger charge is 2.06. The minimum atomic E-state index is -0.923. The first-order valence-corrected chi connectivity index (χ1v) is 5.68. The molecule has 0 aliphatic heterocycles. The average Bonchev–Trinajstić information content (AvgIpc) is 2.41. The Labute approximate surface area is 93.5 Å². The second-order valence-electron chi connectivity index (χ2n) is 3.83. The first-order chi connectivity index (χ1) is 6.99. The molecule has 0 atom stereocenters. The molecule has 0 aliphatic carbocycles. The summed E-state index contributed by atoms with van der Waals surface area (Å²) in [6.07, 6.45) is 3.71. The highest BCUT2D eigenvalue weighted by molar-refractivity contribution is 7.12. The fraction of sp³-hybridized carbons (Fsp3) is 0.455. The van der Waals surface area contributed by atoms with E-state index in [1.807, 2.05) is 6.92 Å². The topological polar surface area (TPSA) is 50.2 Å². The van der Waals surface area contributed by atoms with E-state index >= 15 is 0 Å². The standard InChI is InChI=1S/C11H15NO2S/c1-7(2)6-10-12-8(3)9(15-10)4-5-11(13)14/h4-5,7H,6H2,1-3H3,(H,13,14)/b5-4+. The van der Waals surface area contributed by atoms with Crippen LogP contribution in [-0.4, -0.2) is 16.1 Å². The predicted octanol–water partition coefficient (Wildman–Crippen LogP) is 2.75. The molecule has 0 aliphatic rings. The lowest BCUT2D eigenvalue weighted by atomic mass is 10.1. The van der Waals surface area contributed by atoms with E-state index in [4.69, 9.17) is 5.11 Å². The number of nitrogens with zero attached hydrogens (tertiary/aromatic N) is 1. The predicted molar refractivity (Wildman–Crippen MR) is 62.1 cm³/mol. The van der Waals surface area contributed by atoms with Gasteiger partial charge in [-0.05, 0) is 18.9 Å². The quantitative estimate of drug-likeness (QED) is 0.801. The van der Waals surface area contributed by atoms with Crippen LogP contribution in [-0.2, 0) is 11.2 Å². The van der Waals surface area contributed by atoms with Crippen molar-refractivity contribution in [2.75, 3.05) is 0 Å². The lowest BCUT2D eigenvalue weighted by molar-refractivity contribution is -0.131. The number of aryl methyl sites for hydroxylation is 1. The second-order valence-corrected chi connectivity index (χ2v) is 4.94. The summed E-state index contributed by atoms with van der Waals surface area (Å²) in [7, 11) is 0. The van der Waals surface area contributed by atoms with Gasteiger partial charge in [0.25, 0.3) is 0 Å². The fourth-order valence-electron chi connectivity index (χ4n) is 1.20. The van der Waals surface area contributed by atoms with E-state index in [0.29, 0.717) is 5.92 Å². The summed E-state index contributed by atoms with van der Waals surface area (Å²) >= 11 is 1.57. The van der Waals surface area contributed by atoms with Gasteiger partial charge in [-0.1, -0.05) is 13.8 Å². The Morgan fingerprint density at radius 3 is 2.80 bits per heavy atom. The summed E-state index contributed by atoms with van der Waals surface area (Å²) in [6, 6.07) is 0. The number of hydrogen-bond acceptors (Lipinski definition) is 3. The summed E-state index contributed by atoms with van der Waals surface area (Å²) < 4.78 is 0. The first-order valence-electron chi connectivity index (χ1n) is 4.86. The SMILES string of the molecule is Cc1nc(CC(C)C)sc1/C=C/C(=O)O. The van der Waals surface area contributed by atoms with E-state index in [1.54, 1.807) is 17.4 Å². The maximum Gasteiger partial charge on any atom is 0.328 e. The van der Waals surface area contributed by atoms with Crippen molar-refractivity contribution < 1.29 is 9.90 Å². The fourth-order valence-corrected chi connectivity index (χ4v) is 2.39. The molecule has 0 spiro atoms. The molecule has 82 valence electrons. The summed E-state index contributed by atoms with van der Waals surface area (Å²) in [5.74, 6) is -0.347. The molecule has 0 amide bonds. The van der Waals surface area contributed by atoms with Crippen molar-refractivity contribution in [2.24, 2.45) is 5.92 Å². The Bertz CT molecular complexity index is 380. The molecular weight excluding hydrogens is 210 g/mol. The van der Waals surface area contributed by atoms with Gasteiger partial charge in [0.1, 0.15) is 0 Å². The number of carbonyl (C=O) groups is 1. The number of carboxylic acids is 1. The highest BCUT2D eigenvalue weighted by atomic mass is 32.1. The van der Waals surface area contributed by atoms with Crippen LogP contribution in [0, 0.1) is 12.8 Å². The molecule has 15 heavy (non-hydrogen) atoms. The number of rotatable bonds is 4. The molecule has 1 aromatic heterocycles. The van der Waals surface area contributed by atoms with E-state index in [-0.39, 0.29) is 0 Å². The molecule has 0 saturated carbocycles. The minimum Gasteiger partial charge on any atom is -0.478 e. The Morgan fingerprint density at radius 1 is 1.60 bits per heavy atom. The molecule has 1 rings (SSSR count). The third-order valence-corrected chi connectivity index (χ3v) is 2.98. The Morgan fingerprint density at radius 2 is 2.27 bits per heavy atom. The van der Waals surface area contributed by atoms with Gasteiger partial charge in [-0.15, -0.1) is 11.3 Å². The Balaban J connectivity index is 2.82. The zero-order valence-electron chi connectivity index (χ0n) is 9.15. The van der Waals surface area contributed by atoms with Crippen molar-refractivity contribution in [3.63, 3.8) is 0 Å². The molecule has 0 radical (unpaired) electrons. The van der Waals surface area contributed by atoms with Crippen molar-refractivity contribution in [1.29, 1.82) is 0 Å². The van der Waals surface area contributed by atoms with Crippen LogP contribution in [0.5, 0.6) is 0 Å². The summed E-state index contributed by atoms with van der Waals surface area (Å²) in [4.78, 5) is 15.7. The first kappa shape index (κ1) is 11.9. The van der Waals surface area contributed by atoms with Gasteiger partial charge in [-0.2, -0.15) is 0 Å². The molecule has 0 saturated heterocycles. The van der Waals surface area contributed by atoms with Crippen LogP contribution in [0.4, 0.5) is 0 Å². The van der Waals surface area contributed by atoms with Crippen molar-refractivity contribution in [3.8, 4) is 0 Å². The largest absolute Gasteiger partial charge is 0.478 e. The van der Waals surface area contributed by atoms with Crippen molar-refractivity contribution in [2.45, 2.75) is 27.2 Å². The molecule has 0 fully saturated rings. The van der Waals surface area contributed by atoms with Crippen LogP contribution in [0.15, 0.2) is 6.08 Å². The number of aliphatic carboxylic acids is 1. The van der Waals surface area contributed by atoms with Crippen molar-refractivity contribution >= 4 is 23.4 Å². The van der Waals surface area contributed by atoms with Gasteiger partial charge in [0.15, 0.2) is 0 Å². The van der Waals surface area contributed by atoms with Gasteiger partial charge in [0, 0.05) is 12.5 Å². The Kier molecular flexibility index (Phi) is 4.03. The molecule has 0 unspecified atom stereocenters. The molecule has 3 nitrogen and oxygen atoms in total. The number of aromatic nitrogens is 1. The van der Waals surface area contributed by atoms with Crippen molar-refractivity contribution in [3.05, 3.63) is 21.7 Å². The van der Waals surface area contributed by atoms with E-state index in [9.17, 15) is 4.79 Å². The molecule has 4 heteroatoms. The zero-order valence-corrected chi connectivity index (χ0v) is 9.97. The molecule has 1 heterocycles. The highest BCUT2D eigenvalue weighted by Crippen LogP contribution is 2.21. The van der Waals surface area contributed by atoms with Crippen LogP contribution >= 0.6 is 11.3 Å². The molecule has 1 aromatic rings. The van der Waals surface area contributed by atoms with Gasteiger partial charge < -0.3 is 5.11 Å². The van der Waals surface area contributed by atoms with Crippen molar-refractivity contribution in [1.82, 2.24) is 4.98 Å². The van der Waals surface area contributed by atoms with Gasteiger partial charge in [0.2, 0.25) is 0 Å².